The van der Waals surface area contributed by atoms with Crippen LogP contribution in [0.25, 0.3) is 10.9 Å². The van der Waals surface area contributed by atoms with Crippen molar-refractivity contribution in [3.63, 3.8) is 0 Å². The molecule has 0 spiro atoms. The van der Waals surface area contributed by atoms with Crippen LogP contribution in [-0.2, 0) is 4.79 Å². The van der Waals surface area contributed by atoms with Crippen molar-refractivity contribution in [2.24, 2.45) is 0 Å². The molecule has 22 heavy (non-hydrogen) atoms. The van der Waals surface area contributed by atoms with E-state index in [-0.39, 0.29) is 12.0 Å². The number of para-hydroxylation sites is 1. The van der Waals surface area contributed by atoms with Crippen LogP contribution in [0.5, 0.6) is 5.75 Å². The summed E-state index contributed by atoms with van der Waals surface area (Å²) in [5.41, 5.74) is 0.890. The second-order valence-corrected chi connectivity index (χ2v) is 5.80. The molecular weight excluding hydrogens is 276 g/mol. The molecule has 4 nitrogen and oxygen atoms in total. The molecular formula is C18H22N2O2. The van der Waals surface area contributed by atoms with Crippen LogP contribution in [0.2, 0.25) is 0 Å². The molecule has 0 aliphatic carbocycles. The van der Waals surface area contributed by atoms with Gasteiger partial charge < -0.3 is 9.64 Å². The van der Waals surface area contributed by atoms with E-state index < -0.39 is 0 Å². The van der Waals surface area contributed by atoms with Crippen LogP contribution >= 0.6 is 0 Å². The molecule has 1 unspecified atom stereocenters. The Kier molecular flexibility index (Phi) is 4.56. The van der Waals surface area contributed by atoms with Crippen LogP contribution in [-0.4, -0.2) is 35.0 Å². The molecule has 0 radical (unpaired) electrons. The number of hydrogen-bond donors (Lipinski definition) is 0. The molecule has 3 rings (SSSR count). The smallest absolute Gasteiger partial charge is 0.222 e. The number of carbonyl (C=O) groups is 1. The monoisotopic (exact) mass is 298 g/mol. The van der Waals surface area contributed by atoms with Crippen LogP contribution in [0.3, 0.4) is 0 Å². The van der Waals surface area contributed by atoms with E-state index in [0.29, 0.717) is 13.0 Å². The van der Waals surface area contributed by atoms with Crippen molar-refractivity contribution in [3.05, 3.63) is 36.5 Å². The van der Waals surface area contributed by atoms with E-state index >= 15 is 0 Å². The molecule has 1 aromatic heterocycles. The predicted octanol–water partition coefficient (Wildman–Crippen LogP) is 3.40. The third-order valence-electron chi connectivity index (χ3n) is 4.13. The fourth-order valence-corrected chi connectivity index (χ4v) is 2.89. The number of likely N-dealkylation sites (tertiary alicyclic amines) is 1. The Hall–Kier alpha value is -2.10. The molecule has 2 aromatic rings. The Morgan fingerprint density at radius 2 is 2.23 bits per heavy atom. The average Bonchev–Trinajstić information content (AvgIpc) is 3.01. The quantitative estimate of drug-likeness (QED) is 0.849. The Bertz CT molecular complexity index is 651. The summed E-state index contributed by atoms with van der Waals surface area (Å²) in [7, 11) is 0. The molecule has 1 aromatic carbocycles. The Labute approximate surface area is 131 Å². The van der Waals surface area contributed by atoms with Crippen molar-refractivity contribution < 1.29 is 9.53 Å². The number of ether oxygens (including phenoxy) is 1. The first-order valence-corrected chi connectivity index (χ1v) is 8.06. The number of carbonyl (C=O) groups excluding carboxylic acids is 1. The normalized spacial score (nSPS) is 17.9. The predicted molar refractivity (Wildman–Crippen MR) is 86.9 cm³/mol. The Morgan fingerprint density at radius 1 is 1.36 bits per heavy atom. The standard InChI is InChI=1S/C18H22N2O2/c1-2-3-9-17(21)20-12-10-15(13-20)22-16-8-4-6-14-7-5-11-19-18(14)16/h4-8,11,15H,2-3,9-10,12-13H2,1H3. The van der Waals surface area contributed by atoms with Gasteiger partial charge in [0.05, 0.1) is 6.54 Å². The maximum atomic E-state index is 12.1. The van der Waals surface area contributed by atoms with Crippen molar-refractivity contribution in [1.29, 1.82) is 0 Å². The lowest BCUT2D eigenvalue weighted by Crippen LogP contribution is -2.30. The van der Waals surface area contributed by atoms with E-state index in [4.69, 9.17) is 4.74 Å². The van der Waals surface area contributed by atoms with E-state index in [2.05, 4.69) is 11.9 Å². The van der Waals surface area contributed by atoms with Gasteiger partial charge in [0.15, 0.2) is 0 Å². The average molecular weight is 298 g/mol. The molecule has 116 valence electrons. The molecule has 1 aliphatic heterocycles. The summed E-state index contributed by atoms with van der Waals surface area (Å²) in [4.78, 5) is 18.4. The minimum atomic E-state index is 0.0678. The van der Waals surface area contributed by atoms with E-state index in [1.807, 2.05) is 35.2 Å². The number of unbranched alkanes of at least 4 members (excludes halogenated alkanes) is 1. The zero-order valence-corrected chi connectivity index (χ0v) is 13.0. The third kappa shape index (κ3) is 3.21. The van der Waals surface area contributed by atoms with Crippen LogP contribution < -0.4 is 4.74 Å². The third-order valence-corrected chi connectivity index (χ3v) is 4.13. The fraction of sp³-hybridized carbons (Fsp3) is 0.444. The second-order valence-electron chi connectivity index (χ2n) is 5.80. The topological polar surface area (TPSA) is 42.4 Å². The van der Waals surface area contributed by atoms with Crippen LogP contribution in [0.15, 0.2) is 36.5 Å². The highest BCUT2D eigenvalue weighted by Gasteiger charge is 2.27. The number of amides is 1. The van der Waals surface area contributed by atoms with Crippen molar-refractivity contribution in [2.45, 2.75) is 38.7 Å². The number of nitrogens with zero attached hydrogens (tertiary/aromatic N) is 2. The first kappa shape index (κ1) is 14.8. The SMILES string of the molecule is CCCCC(=O)N1CCC(Oc2cccc3cccnc23)C1. The summed E-state index contributed by atoms with van der Waals surface area (Å²) >= 11 is 0. The molecule has 1 saturated heterocycles. The van der Waals surface area contributed by atoms with E-state index in [1.54, 1.807) is 6.20 Å². The largest absolute Gasteiger partial charge is 0.486 e. The van der Waals surface area contributed by atoms with Gasteiger partial charge in [0.25, 0.3) is 0 Å². The molecule has 4 heteroatoms. The number of pyridine rings is 1. The fourth-order valence-electron chi connectivity index (χ4n) is 2.89. The van der Waals surface area contributed by atoms with Crippen LogP contribution in [0.4, 0.5) is 0 Å². The van der Waals surface area contributed by atoms with Crippen molar-refractivity contribution in [1.82, 2.24) is 9.88 Å². The van der Waals surface area contributed by atoms with Gasteiger partial charge >= 0.3 is 0 Å². The summed E-state index contributed by atoms with van der Waals surface area (Å²) in [6.45, 7) is 3.59. The lowest BCUT2D eigenvalue weighted by atomic mass is 10.2. The highest BCUT2D eigenvalue weighted by atomic mass is 16.5. The summed E-state index contributed by atoms with van der Waals surface area (Å²) < 4.78 is 6.12. The second kappa shape index (κ2) is 6.77. The lowest BCUT2D eigenvalue weighted by molar-refractivity contribution is -0.130. The Balaban J connectivity index is 1.65. The summed E-state index contributed by atoms with van der Waals surface area (Å²) in [5.74, 6) is 1.06. The molecule has 1 fully saturated rings. The van der Waals surface area contributed by atoms with E-state index in [1.165, 1.54) is 0 Å². The summed E-state index contributed by atoms with van der Waals surface area (Å²) in [5, 5.41) is 1.08. The zero-order chi connectivity index (χ0) is 15.4. The van der Waals surface area contributed by atoms with Gasteiger partial charge in [-0.25, -0.2) is 0 Å². The zero-order valence-electron chi connectivity index (χ0n) is 13.0. The molecule has 0 saturated carbocycles. The van der Waals surface area contributed by atoms with Gasteiger partial charge in [0, 0.05) is 31.0 Å². The van der Waals surface area contributed by atoms with Crippen LogP contribution in [0, 0.1) is 0 Å². The van der Waals surface area contributed by atoms with Gasteiger partial charge in [-0.1, -0.05) is 31.5 Å². The highest BCUT2D eigenvalue weighted by molar-refractivity contribution is 5.84. The van der Waals surface area contributed by atoms with Crippen molar-refractivity contribution >= 4 is 16.8 Å². The van der Waals surface area contributed by atoms with E-state index in [0.717, 1.165) is 42.5 Å². The van der Waals surface area contributed by atoms with Crippen LogP contribution in [0.1, 0.15) is 32.6 Å². The summed E-state index contributed by atoms with van der Waals surface area (Å²) in [6, 6.07) is 9.93. The first-order valence-electron chi connectivity index (χ1n) is 8.06. The molecule has 1 amide bonds. The first-order chi connectivity index (χ1) is 10.8. The van der Waals surface area contributed by atoms with E-state index in [9.17, 15) is 4.79 Å². The molecule has 1 atom stereocenters. The van der Waals surface area contributed by atoms with Gasteiger partial charge in [-0.3, -0.25) is 9.78 Å². The number of aromatic nitrogens is 1. The lowest BCUT2D eigenvalue weighted by Gasteiger charge is -2.17. The van der Waals surface area contributed by atoms with Gasteiger partial charge in [-0.15, -0.1) is 0 Å². The van der Waals surface area contributed by atoms with Gasteiger partial charge in [0.2, 0.25) is 5.91 Å². The minimum Gasteiger partial charge on any atom is -0.486 e. The maximum Gasteiger partial charge on any atom is 0.222 e. The molecule has 2 heterocycles. The molecule has 1 aliphatic rings. The van der Waals surface area contributed by atoms with Gasteiger partial charge in [-0.05, 0) is 18.6 Å². The number of hydrogen-bond acceptors (Lipinski definition) is 3. The molecule has 0 N–H and O–H groups in total. The Morgan fingerprint density at radius 3 is 3.09 bits per heavy atom. The number of benzene rings is 1. The van der Waals surface area contributed by atoms with Crippen molar-refractivity contribution in [2.75, 3.05) is 13.1 Å². The van der Waals surface area contributed by atoms with Gasteiger partial charge in [0.1, 0.15) is 17.4 Å². The van der Waals surface area contributed by atoms with Gasteiger partial charge in [-0.2, -0.15) is 0 Å². The number of fused-ring (bicyclic) bond motifs is 1. The minimum absolute atomic E-state index is 0.0678. The number of rotatable bonds is 5. The summed E-state index contributed by atoms with van der Waals surface area (Å²) in [6.07, 6.45) is 5.41. The highest BCUT2D eigenvalue weighted by Crippen LogP contribution is 2.26. The van der Waals surface area contributed by atoms with Crippen molar-refractivity contribution in [3.8, 4) is 5.75 Å². The maximum absolute atomic E-state index is 12.1. The molecule has 0 bridgehead atoms.